The van der Waals surface area contributed by atoms with Crippen molar-refractivity contribution >= 4 is 17.3 Å². The summed E-state index contributed by atoms with van der Waals surface area (Å²) < 4.78 is 38.1. The smallest absolute Gasteiger partial charge is 0.380 e. The maximum Gasteiger partial charge on any atom is 0.419 e. The lowest BCUT2D eigenvalue weighted by Crippen LogP contribution is -2.08. The van der Waals surface area contributed by atoms with Crippen LogP contribution in [0.25, 0.3) is 0 Å². The third-order valence-electron chi connectivity index (χ3n) is 2.76. The van der Waals surface area contributed by atoms with Crippen LogP contribution < -0.4 is 5.32 Å². The van der Waals surface area contributed by atoms with E-state index in [4.69, 9.17) is 11.6 Å². The molecule has 6 heteroatoms. The number of aryl methyl sites for hydroxylation is 1. The highest BCUT2D eigenvalue weighted by Crippen LogP contribution is 2.34. The van der Waals surface area contributed by atoms with Gasteiger partial charge in [-0.05, 0) is 18.6 Å². The molecule has 2 nitrogen and oxygen atoms in total. The summed E-state index contributed by atoms with van der Waals surface area (Å²) in [6, 6.07) is 8.67. The van der Waals surface area contributed by atoms with Crippen LogP contribution in [0.3, 0.4) is 0 Å². The first kappa shape index (κ1) is 14.7. The maximum atomic E-state index is 12.7. The number of aromatic nitrogens is 1. The van der Waals surface area contributed by atoms with Gasteiger partial charge in [0.2, 0.25) is 0 Å². The van der Waals surface area contributed by atoms with Crippen molar-refractivity contribution in [3.05, 3.63) is 58.4 Å². The molecule has 2 aromatic rings. The highest BCUT2D eigenvalue weighted by atomic mass is 35.5. The summed E-state index contributed by atoms with van der Waals surface area (Å²) in [5, 5.41) is 2.36. The van der Waals surface area contributed by atoms with Crippen molar-refractivity contribution in [3.8, 4) is 0 Å². The summed E-state index contributed by atoms with van der Waals surface area (Å²) in [6.07, 6.45) is -3.22. The lowest BCUT2D eigenvalue weighted by molar-refractivity contribution is -0.137. The van der Waals surface area contributed by atoms with Crippen molar-refractivity contribution in [1.82, 2.24) is 4.98 Å². The zero-order valence-electron chi connectivity index (χ0n) is 10.6. The van der Waals surface area contributed by atoms with Gasteiger partial charge in [0.1, 0.15) is 5.15 Å². The first-order chi connectivity index (χ1) is 9.36. The summed E-state index contributed by atoms with van der Waals surface area (Å²) in [4.78, 5) is 3.55. The van der Waals surface area contributed by atoms with Crippen molar-refractivity contribution in [2.75, 3.05) is 5.32 Å². The van der Waals surface area contributed by atoms with Gasteiger partial charge in [-0.2, -0.15) is 13.2 Å². The van der Waals surface area contributed by atoms with E-state index in [0.717, 1.165) is 17.2 Å². The lowest BCUT2D eigenvalue weighted by Gasteiger charge is -2.11. The van der Waals surface area contributed by atoms with Crippen LogP contribution in [-0.4, -0.2) is 4.98 Å². The van der Waals surface area contributed by atoms with Gasteiger partial charge in [0.15, 0.2) is 0 Å². The zero-order chi connectivity index (χ0) is 14.8. The number of pyridine rings is 1. The van der Waals surface area contributed by atoms with Crippen molar-refractivity contribution in [1.29, 1.82) is 0 Å². The number of nitrogens with zero attached hydrogens (tertiary/aromatic N) is 1. The molecule has 0 fully saturated rings. The van der Waals surface area contributed by atoms with Crippen molar-refractivity contribution in [3.63, 3.8) is 0 Å². The van der Waals surface area contributed by atoms with E-state index in [2.05, 4.69) is 10.3 Å². The molecule has 1 aromatic carbocycles. The molecule has 1 aromatic heterocycles. The number of benzene rings is 1. The third kappa shape index (κ3) is 3.63. The van der Waals surface area contributed by atoms with Gasteiger partial charge in [-0.25, -0.2) is 4.98 Å². The highest BCUT2D eigenvalue weighted by molar-refractivity contribution is 6.30. The predicted molar refractivity (Wildman–Crippen MR) is 72.8 cm³/mol. The summed E-state index contributed by atoms with van der Waals surface area (Å²) in [7, 11) is 0. The van der Waals surface area contributed by atoms with Crippen molar-refractivity contribution in [2.45, 2.75) is 19.6 Å². The molecule has 1 heterocycles. The number of alkyl halides is 3. The topological polar surface area (TPSA) is 24.9 Å². The Morgan fingerprint density at radius 3 is 2.45 bits per heavy atom. The van der Waals surface area contributed by atoms with E-state index in [9.17, 15) is 13.2 Å². The van der Waals surface area contributed by atoms with Crippen LogP contribution in [0, 0.1) is 6.92 Å². The van der Waals surface area contributed by atoms with E-state index >= 15 is 0 Å². The zero-order valence-corrected chi connectivity index (χ0v) is 11.4. The van der Waals surface area contributed by atoms with Gasteiger partial charge in [0.05, 0.1) is 17.4 Å². The molecule has 0 spiro atoms. The fourth-order valence-electron chi connectivity index (χ4n) is 1.65. The van der Waals surface area contributed by atoms with Gasteiger partial charge in [-0.3, -0.25) is 0 Å². The SMILES string of the molecule is Cc1ccc(CNc2cnc(Cl)c(C(F)(F)F)c2)cc1. The molecule has 0 aliphatic carbocycles. The molecule has 0 bridgehead atoms. The van der Waals surface area contributed by atoms with Crippen LogP contribution in [-0.2, 0) is 12.7 Å². The average Bonchev–Trinajstić information content (AvgIpc) is 2.38. The second-order valence-corrected chi connectivity index (χ2v) is 4.76. The molecule has 1 N–H and O–H groups in total. The van der Waals surface area contributed by atoms with Gasteiger partial charge in [-0.1, -0.05) is 41.4 Å². The second-order valence-electron chi connectivity index (χ2n) is 4.40. The fraction of sp³-hybridized carbons (Fsp3) is 0.214. The van der Waals surface area contributed by atoms with Crippen LogP contribution in [0.5, 0.6) is 0 Å². The Hall–Kier alpha value is -1.75. The van der Waals surface area contributed by atoms with E-state index in [1.54, 1.807) is 0 Å². The number of rotatable bonds is 3. The Morgan fingerprint density at radius 1 is 1.20 bits per heavy atom. The van der Waals surface area contributed by atoms with Gasteiger partial charge in [0, 0.05) is 6.54 Å². The van der Waals surface area contributed by atoms with E-state index < -0.39 is 16.9 Å². The van der Waals surface area contributed by atoms with Gasteiger partial charge < -0.3 is 5.32 Å². The normalized spacial score (nSPS) is 11.4. The molecule has 0 unspecified atom stereocenters. The molecule has 0 aliphatic rings. The number of anilines is 1. The fourth-order valence-corrected chi connectivity index (χ4v) is 1.86. The Kier molecular flexibility index (Phi) is 4.18. The maximum absolute atomic E-state index is 12.7. The van der Waals surface area contributed by atoms with Crippen LogP contribution >= 0.6 is 11.6 Å². The molecule has 0 aliphatic heterocycles. The first-order valence-electron chi connectivity index (χ1n) is 5.88. The quantitative estimate of drug-likeness (QED) is 0.833. The Labute approximate surface area is 119 Å². The Morgan fingerprint density at radius 2 is 1.85 bits per heavy atom. The molecule has 0 atom stereocenters. The van der Waals surface area contributed by atoms with E-state index in [-0.39, 0.29) is 5.69 Å². The standard InChI is InChI=1S/C14H12ClF3N2/c1-9-2-4-10(5-3-9)7-19-11-6-12(14(16,17)18)13(15)20-8-11/h2-6,8,19H,7H2,1H3. The number of halogens is 4. The summed E-state index contributed by atoms with van der Waals surface area (Å²) >= 11 is 5.46. The largest absolute Gasteiger partial charge is 0.419 e. The van der Waals surface area contributed by atoms with E-state index in [1.807, 2.05) is 31.2 Å². The van der Waals surface area contributed by atoms with Crippen molar-refractivity contribution < 1.29 is 13.2 Å². The molecule has 20 heavy (non-hydrogen) atoms. The van der Waals surface area contributed by atoms with Gasteiger partial charge in [0.25, 0.3) is 0 Å². The minimum absolute atomic E-state index is 0.280. The lowest BCUT2D eigenvalue weighted by atomic mass is 10.1. The minimum Gasteiger partial charge on any atom is -0.380 e. The minimum atomic E-state index is -4.51. The Balaban J connectivity index is 2.12. The summed E-state index contributed by atoms with van der Waals surface area (Å²) in [5.74, 6) is 0. The molecular weight excluding hydrogens is 289 g/mol. The number of hydrogen-bond donors (Lipinski definition) is 1. The van der Waals surface area contributed by atoms with Crippen LogP contribution in [0.15, 0.2) is 36.5 Å². The average molecular weight is 301 g/mol. The third-order valence-corrected chi connectivity index (χ3v) is 3.06. The van der Waals surface area contributed by atoms with Gasteiger partial charge in [-0.15, -0.1) is 0 Å². The molecule has 2 rings (SSSR count). The molecular formula is C14H12ClF3N2. The first-order valence-corrected chi connectivity index (χ1v) is 6.26. The van der Waals surface area contributed by atoms with Crippen LogP contribution in [0.4, 0.5) is 18.9 Å². The van der Waals surface area contributed by atoms with Crippen LogP contribution in [0.2, 0.25) is 5.15 Å². The van der Waals surface area contributed by atoms with E-state index in [1.165, 1.54) is 6.20 Å². The molecule has 0 radical (unpaired) electrons. The molecule has 0 saturated carbocycles. The molecule has 0 saturated heterocycles. The van der Waals surface area contributed by atoms with Gasteiger partial charge >= 0.3 is 6.18 Å². The summed E-state index contributed by atoms with van der Waals surface area (Å²) in [5.41, 5.74) is 1.44. The molecule has 0 amide bonds. The monoisotopic (exact) mass is 300 g/mol. The molecule has 106 valence electrons. The second kappa shape index (κ2) is 5.71. The Bertz CT molecular complexity index is 594. The highest BCUT2D eigenvalue weighted by Gasteiger charge is 2.34. The number of hydrogen-bond acceptors (Lipinski definition) is 2. The number of nitrogens with one attached hydrogen (secondary N) is 1. The predicted octanol–water partition coefficient (Wildman–Crippen LogP) is 4.67. The summed E-state index contributed by atoms with van der Waals surface area (Å²) in [6.45, 7) is 2.39. The van der Waals surface area contributed by atoms with E-state index in [0.29, 0.717) is 6.54 Å². The van der Waals surface area contributed by atoms with Crippen LogP contribution in [0.1, 0.15) is 16.7 Å². The van der Waals surface area contributed by atoms with Crippen molar-refractivity contribution in [2.24, 2.45) is 0 Å².